The van der Waals surface area contributed by atoms with Crippen LogP contribution in [-0.4, -0.2) is 35.1 Å². The minimum absolute atomic E-state index is 0.203. The van der Waals surface area contributed by atoms with E-state index in [-0.39, 0.29) is 12.5 Å². The van der Waals surface area contributed by atoms with Gasteiger partial charge in [0.2, 0.25) is 5.91 Å². The molecule has 1 saturated heterocycles. The summed E-state index contributed by atoms with van der Waals surface area (Å²) >= 11 is 0. The van der Waals surface area contributed by atoms with E-state index in [0.29, 0.717) is 17.9 Å². The molecule has 1 aliphatic heterocycles. The number of aliphatic hydroxyl groups excluding tert-OH is 1. The van der Waals surface area contributed by atoms with E-state index in [1.165, 1.54) is 19.3 Å². The molecule has 0 radical (unpaired) electrons. The van der Waals surface area contributed by atoms with Gasteiger partial charge in [-0.05, 0) is 44.4 Å². The van der Waals surface area contributed by atoms with Gasteiger partial charge in [0.1, 0.15) is 0 Å². The Bertz CT molecular complexity index is 265. The van der Waals surface area contributed by atoms with Gasteiger partial charge < -0.3 is 10.0 Å². The van der Waals surface area contributed by atoms with E-state index in [2.05, 4.69) is 11.8 Å². The number of carbonyl (C=O) groups excluding carboxylic acids is 1. The van der Waals surface area contributed by atoms with Crippen molar-refractivity contribution >= 4 is 5.91 Å². The predicted octanol–water partition coefficient (Wildman–Crippen LogP) is 2.19. The fourth-order valence-corrected chi connectivity index (χ4v) is 3.47. The van der Waals surface area contributed by atoms with Gasteiger partial charge in [-0.3, -0.25) is 4.79 Å². The van der Waals surface area contributed by atoms with Crippen molar-refractivity contribution in [3.8, 4) is 0 Å². The fourth-order valence-electron chi connectivity index (χ4n) is 3.47. The predicted molar refractivity (Wildman–Crippen MR) is 67.6 cm³/mol. The number of amides is 1. The molecule has 1 amide bonds. The maximum Gasteiger partial charge on any atom is 0.226 e. The number of carbonyl (C=O) groups is 1. The van der Waals surface area contributed by atoms with Crippen molar-refractivity contribution in [3.63, 3.8) is 0 Å². The molecule has 3 unspecified atom stereocenters. The van der Waals surface area contributed by atoms with Crippen molar-refractivity contribution in [1.82, 2.24) is 4.90 Å². The quantitative estimate of drug-likeness (QED) is 0.820. The second-order valence-corrected chi connectivity index (χ2v) is 5.71. The van der Waals surface area contributed by atoms with E-state index in [4.69, 9.17) is 5.11 Å². The Morgan fingerprint density at radius 3 is 2.71 bits per heavy atom. The molecule has 3 nitrogen and oxygen atoms in total. The summed E-state index contributed by atoms with van der Waals surface area (Å²) in [6, 6.07) is 0.300. The van der Waals surface area contributed by atoms with Gasteiger partial charge in [0.15, 0.2) is 0 Å². The van der Waals surface area contributed by atoms with Crippen LogP contribution in [0.15, 0.2) is 0 Å². The second-order valence-electron chi connectivity index (χ2n) is 5.71. The fraction of sp³-hybridized carbons (Fsp3) is 0.929. The molecule has 2 aliphatic rings. The van der Waals surface area contributed by atoms with E-state index in [9.17, 15) is 4.79 Å². The highest BCUT2D eigenvalue weighted by atomic mass is 16.3. The Balaban J connectivity index is 2.00. The lowest BCUT2D eigenvalue weighted by Gasteiger charge is -2.38. The zero-order chi connectivity index (χ0) is 12.3. The van der Waals surface area contributed by atoms with Gasteiger partial charge >= 0.3 is 0 Å². The summed E-state index contributed by atoms with van der Waals surface area (Å²) in [4.78, 5) is 14.6. The summed E-state index contributed by atoms with van der Waals surface area (Å²) in [6.07, 6.45) is 7.65. The molecule has 3 atom stereocenters. The van der Waals surface area contributed by atoms with Gasteiger partial charge in [0.25, 0.3) is 0 Å². The molecule has 98 valence electrons. The van der Waals surface area contributed by atoms with Crippen LogP contribution in [-0.2, 0) is 4.79 Å². The third-order valence-corrected chi connectivity index (χ3v) is 4.55. The molecule has 3 heteroatoms. The molecule has 0 aromatic carbocycles. The van der Waals surface area contributed by atoms with Crippen LogP contribution in [0.25, 0.3) is 0 Å². The summed E-state index contributed by atoms with van der Waals surface area (Å²) in [6.45, 7) is 3.32. The third kappa shape index (κ3) is 2.82. The SMILES string of the molecule is CC1CCCC1C(=O)N1CCCCC1CCO. The zero-order valence-electron chi connectivity index (χ0n) is 10.9. The van der Waals surface area contributed by atoms with Crippen LogP contribution < -0.4 is 0 Å². The Hall–Kier alpha value is -0.570. The number of hydrogen-bond acceptors (Lipinski definition) is 2. The number of piperidine rings is 1. The molecule has 0 bridgehead atoms. The van der Waals surface area contributed by atoms with Gasteiger partial charge in [0.05, 0.1) is 0 Å². The largest absolute Gasteiger partial charge is 0.396 e. The Morgan fingerprint density at radius 2 is 2.06 bits per heavy atom. The highest BCUT2D eigenvalue weighted by molar-refractivity contribution is 5.79. The molecule has 1 aliphatic carbocycles. The smallest absolute Gasteiger partial charge is 0.226 e. The lowest BCUT2D eigenvalue weighted by atomic mass is 9.92. The van der Waals surface area contributed by atoms with Crippen molar-refractivity contribution in [2.75, 3.05) is 13.2 Å². The highest BCUT2D eigenvalue weighted by Crippen LogP contribution is 2.34. The summed E-state index contributed by atoms with van der Waals surface area (Å²) in [7, 11) is 0. The van der Waals surface area contributed by atoms with Crippen LogP contribution in [0.4, 0.5) is 0 Å². The minimum Gasteiger partial charge on any atom is -0.396 e. The minimum atomic E-state index is 0.203. The molecule has 2 rings (SSSR count). The van der Waals surface area contributed by atoms with Gasteiger partial charge in [-0.25, -0.2) is 0 Å². The van der Waals surface area contributed by atoms with Crippen molar-refractivity contribution in [3.05, 3.63) is 0 Å². The maximum absolute atomic E-state index is 12.5. The van der Waals surface area contributed by atoms with Crippen molar-refractivity contribution in [2.45, 2.75) is 57.9 Å². The van der Waals surface area contributed by atoms with Crippen molar-refractivity contribution < 1.29 is 9.90 Å². The van der Waals surface area contributed by atoms with Crippen LogP contribution in [0, 0.1) is 11.8 Å². The number of aliphatic hydroxyl groups is 1. The summed E-state index contributed by atoms with van der Waals surface area (Å²) in [5.41, 5.74) is 0. The zero-order valence-corrected chi connectivity index (χ0v) is 10.9. The third-order valence-electron chi connectivity index (χ3n) is 4.55. The normalized spacial score (nSPS) is 34.0. The molecule has 1 heterocycles. The van der Waals surface area contributed by atoms with Gasteiger partial charge in [-0.15, -0.1) is 0 Å². The van der Waals surface area contributed by atoms with Gasteiger partial charge in [-0.1, -0.05) is 13.3 Å². The first-order valence-electron chi connectivity index (χ1n) is 7.15. The monoisotopic (exact) mass is 239 g/mol. The van der Waals surface area contributed by atoms with E-state index >= 15 is 0 Å². The van der Waals surface area contributed by atoms with Crippen LogP contribution in [0.2, 0.25) is 0 Å². The maximum atomic E-state index is 12.5. The molecule has 2 fully saturated rings. The van der Waals surface area contributed by atoms with Crippen molar-refractivity contribution in [2.24, 2.45) is 11.8 Å². The van der Waals surface area contributed by atoms with Crippen LogP contribution in [0.1, 0.15) is 51.9 Å². The Morgan fingerprint density at radius 1 is 1.24 bits per heavy atom. The molecule has 1 saturated carbocycles. The average Bonchev–Trinajstić information content (AvgIpc) is 2.76. The van der Waals surface area contributed by atoms with Crippen LogP contribution in [0.3, 0.4) is 0 Å². The number of nitrogens with zero attached hydrogens (tertiary/aromatic N) is 1. The van der Waals surface area contributed by atoms with Crippen LogP contribution >= 0.6 is 0 Å². The number of likely N-dealkylation sites (tertiary alicyclic amines) is 1. The Kier molecular flexibility index (Phi) is 4.43. The molecule has 1 N–H and O–H groups in total. The lowest BCUT2D eigenvalue weighted by Crippen LogP contribution is -2.47. The van der Waals surface area contributed by atoms with E-state index < -0.39 is 0 Å². The van der Waals surface area contributed by atoms with Crippen molar-refractivity contribution in [1.29, 1.82) is 0 Å². The highest BCUT2D eigenvalue weighted by Gasteiger charge is 2.36. The first kappa shape index (κ1) is 12.9. The molecular formula is C14H25NO2. The van der Waals surface area contributed by atoms with Gasteiger partial charge in [0, 0.05) is 25.1 Å². The molecule has 0 aromatic rings. The topological polar surface area (TPSA) is 40.5 Å². The Labute approximate surface area is 104 Å². The average molecular weight is 239 g/mol. The lowest BCUT2D eigenvalue weighted by molar-refractivity contribution is -0.140. The van der Waals surface area contributed by atoms with Gasteiger partial charge in [-0.2, -0.15) is 0 Å². The molecule has 17 heavy (non-hydrogen) atoms. The number of rotatable bonds is 3. The van der Waals surface area contributed by atoms with E-state index in [0.717, 1.165) is 32.2 Å². The van der Waals surface area contributed by atoms with E-state index in [1.807, 2.05) is 0 Å². The number of hydrogen-bond donors (Lipinski definition) is 1. The summed E-state index contributed by atoms with van der Waals surface area (Å²) in [5, 5.41) is 9.10. The van der Waals surface area contributed by atoms with Crippen LogP contribution in [0.5, 0.6) is 0 Å². The molecule has 0 aromatic heterocycles. The van der Waals surface area contributed by atoms with E-state index in [1.54, 1.807) is 0 Å². The second kappa shape index (κ2) is 5.85. The summed E-state index contributed by atoms with van der Waals surface area (Å²) in [5.74, 6) is 1.18. The molecular weight excluding hydrogens is 214 g/mol. The first-order valence-corrected chi connectivity index (χ1v) is 7.15. The molecule has 0 spiro atoms. The first-order chi connectivity index (χ1) is 8.24. The summed E-state index contributed by atoms with van der Waals surface area (Å²) < 4.78 is 0. The standard InChI is InChI=1S/C14H25NO2/c1-11-5-4-7-13(11)14(17)15-9-3-2-6-12(15)8-10-16/h11-13,16H,2-10H2,1H3.